The smallest absolute Gasteiger partial charge is 0.242 e. The largest absolute Gasteiger partial charge is 0.352 e. The number of hydrogen-bond acceptors (Lipinski definition) is 3. The van der Waals surface area contributed by atoms with E-state index in [0.29, 0.717) is 13.0 Å². The van der Waals surface area contributed by atoms with Crippen molar-refractivity contribution in [3.63, 3.8) is 0 Å². The molecule has 2 rings (SSSR count). The van der Waals surface area contributed by atoms with Crippen LogP contribution in [0, 0.1) is 6.92 Å². The summed E-state index contributed by atoms with van der Waals surface area (Å²) in [5.74, 6) is 0.708. The Balaban J connectivity index is 1.99. The summed E-state index contributed by atoms with van der Waals surface area (Å²) in [5, 5.41) is 3.64. The summed E-state index contributed by atoms with van der Waals surface area (Å²) < 4.78 is 0. The fourth-order valence-corrected chi connectivity index (χ4v) is 4.06. The molecule has 0 unspecified atom stereocenters. The number of benzene rings is 2. The number of nitrogens with one attached hydrogen (secondary N) is 1. The lowest BCUT2D eigenvalue weighted by Gasteiger charge is -2.29. The lowest BCUT2D eigenvalue weighted by atomic mass is 10.1. The minimum atomic E-state index is -0.524. The first-order chi connectivity index (χ1) is 14.3. The van der Waals surface area contributed by atoms with E-state index < -0.39 is 6.04 Å². The normalized spacial score (nSPS) is 11.9. The first-order valence-corrected chi connectivity index (χ1v) is 11.7. The summed E-state index contributed by atoms with van der Waals surface area (Å²) in [6.07, 6.45) is 1.15. The van der Waals surface area contributed by atoms with Crippen molar-refractivity contribution < 1.29 is 9.59 Å². The van der Waals surface area contributed by atoms with Crippen LogP contribution in [-0.2, 0) is 16.1 Å². The van der Waals surface area contributed by atoms with Gasteiger partial charge in [0, 0.05) is 28.9 Å². The van der Waals surface area contributed by atoms with E-state index in [2.05, 4.69) is 11.4 Å². The summed E-state index contributed by atoms with van der Waals surface area (Å²) in [6, 6.07) is 15.3. The predicted molar refractivity (Wildman–Crippen MR) is 126 cm³/mol. The van der Waals surface area contributed by atoms with Crippen LogP contribution in [0.2, 0.25) is 5.02 Å². The minimum absolute atomic E-state index is 0.000353. The third-order valence-electron chi connectivity index (χ3n) is 4.65. The number of carbonyl (C=O) groups excluding carboxylic acids is 2. The quantitative estimate of drug-likeness (QED) is 0.389. The Morgan fingerprint density at radius 3 is 2.43 bits per heavy atom. The van der Waals surface area contributed by atoms with Gasteiger partial charge < -0.3 is 10.2 Å². The molecular weight excluding hydrogens is 416 g/mol. The second kappa shape index (κ2) is 12.0. The molecule has 1 atom stereocenters. The number of rotatable bonds is 10. The first kappa shape index (κ1) is 24.3. The van der Waals surface area contributed by atoms with Crippen LogP contribution in [0.5, 0.6) is 0 Å². The van der Waals surface area contributed by atoms with Crippen LogP contribution < -0.4 is 5.32 Å². The predicted octanol–water partition coefficient (Wildman–Crippen LogP) is 5.46. The molecule has 2 aromatic rings. The van der Waals surface area contributed by atoms with E-state index in [9.17, 15) is 9.59 Å². The third kappa shape index (κ3) is 8.04. The van der Waals surface area contributed by atoms with Crippen LogP contribution in [0.1, 0.15) is 44.7 Å². The van der Waals surface area contributed by atoms with E-state index in [1.54, 1.807) is 23.6 Å². The summed E-state index contributed by atoms with van der Waals surface area (Å²) in [5.41, 5.74) is 2.17. The molecule has 0 radical (unpaired) electrons. The molecule has 0 saturated heterocycles. The molecule has 0 aromatic heterocycles. The summed E-state index contributed by atoms with van der Waals surface area (Å²) >= 11 is 7.62. The SMILES string of the molecule is Cc1cccc(CN(C(=O)CCCSc2ccc(Cl)cc2)[C@H](C)C(=O)NC(C)C)c1. The maximum absolute atomic E-state index is 13.0. The molecule has 1 N–H and O–H groups in total. The molecule has 4 nitrogen and oxygen atoms in total. The van der Waals surface area contributed by atoms with Crippen molar-refractivity contribution in [2.75, 3.05) is 5.75 Å². The molecule has 0 aliphatic heterocycles. The van der Waals surface area contributed by atoms with Gasteiger partial charge in [0.15, 0.2) is 0 Å². The van der Waals surface area contributed by atoms with Gasteiger partial charge in [-0.1, -0.05) is 41.4 Å². The van der Waals surface area contributed by atoms with Gasteiger partial charge in [-0.05, 0) is 69.7 Å². The standard InChI is InChI=1S/C24H31ClN2O2S/c1-17(2)26-24(29)19(4)27(16-20-8-5-7-18(3)15-20)23(28)9-6-14-30-22-12-10-21(25)11-13-22/h5,7-8,10-13,15,17,19H,6,9,14,16H2,1-4H3,(H,26,29)/t19-/m1/s1. The van der Waals surface area contributed by atoms with Crippen LogP contribution >= 0.6 is 23.4 Å². The number of hydrogen-bond donors (Lipinski definition) is 1. The Bertz CT molecular complexity index is 839. The van der Waals surface area contributed by atoms with Gasteiger partial charge in [0.1, 0.15) is 6.04 Å². The van der Waals surface area contributed by atoms with Crippen molar-refractivity contribution in [1.82, 2.24) is 10.2 Å². The molecule has 0 bridgehead atoms. The average molecular weight is 447 g/mol. The van der Waals surface area contributed by atoms with Crippen molar-refractivity contribution in [2.24, 2.45) is 0 Å². The third-order valence-corrected chi connectivity index (χ3v) is 6.00. The molecule has 2 amide bonds. The van der Waals surface area contributed by atoms with Gasteiger partial charge in [0.05, 0.1) is 0 Å². The maximum Gasteiger partial charge on any atom is 0.242 e. The maximum atomic E-state index is 13.0. The number of halogens is 1. The lowest BCUT2D eigenvalue weighted by Crippen LogP contribution is -2.49. The highest BCUT2D eigenvalue weighted by atomic mass is 35.5. The van der Waals surface area contributed by atoms with Crippen molar-refractivity contribution in [3.8, 4) is 0 Å². The van der Waals surface area contributed by atoms with Gasteiger partial charge >= 0.3 is 0 Å². The molecule has 2 aromatic carbocycles. The first-order valence-electron chi connectivity index (χ1n) is 10.3. The van der Waals surface area contributed by atoms with Crippen LogP contribution in [-0.4, -0.2) is 34.6 Å². The molecule has 0 aliphatic rings. The van der Waals surface area contributed by atoms with Crippen LogP contribution in [0.4, 0.5) is 0 Å². The summed E-state index contributed by atoms with van der Waals surface area (Å²) in [6.45, 7) is 8.10. The topological polar surface area (TPSA) is 49.4 Å². The van der Waals surface area contributed by atoms with Crippen molar-refractivity contribution in [1.29, 1.82) is 0 Å². The zero-order valence-electron chi connectivity index (χ0n) is 18.2. The fraction of sp³-hybridized carbons (Fsp3) is 0.417. The molecule has 0 fully saturated rings. The summed E-state index contributed by atoms with van der Waals surface area (Å²) in [7, 11) is 0. The van der Waals surface area contributed by atoms with Crippen molar-refractivity contribution >= 4 is 35.2 Å². The number of aryl methyl sites for hydroxylation is 1. The van der Waals surface area contributed by atoms with E-state index in [4.69, 9.17) is 11.6 Å². The number of carbonyl (C=O) groups is 2. The van der Waals surface area contributed by atoms with E-state index in [0.717, 1.165) is 33.2 Å². The number of amides is 2. The van der Waals surface area contributed by atoms with Crippen LogP contribution in [0.25, 0.3) is 0 Å². The fourth-order valence-electron chi connectivity index (χ4n) is 3.08. The molecule has 30 heavy (non-hydrogen) atoms. The second-order valence-electron chi connectivity index (χ2n) is 7.76. The monoisotopic (exact) mass is 446 g/mol. The van der Waals surface area contributed by atoms with Crippen molar-refractivity contribution in [2.45, 2.75) is 64.1 Å². The molecule has 0 spiro atoms. The van der Waals surface area contributed by atoms with Gasteiger partial charge in [-0.2, -0.15) is 0 Å². The van der Waals surface area contributed by atoms with E-state index in [1.165, 1.54) is 0 Å². The summed E-state index contributed by atoms with van der Waals surface area (Å²) in [4.78, 5) is 28.4. The Labute approximate surface area is 189 Å². The van der Waals surface area contributed by atoms with E-state index in [1.807, 2.05) is 63.2 Å². The number of nitrogens with zero attached hydrogens (tertiary/aromatic N) is 1. The molecule has 162 valence electrons. The van der Waals surface area contributed by atoms with Crippen molar-refractivity contribution in [3.05, 3.63) is 64.7 Å². The van der Waals surface area contributed by atoms with Gasteiger partial charge in [0.25, 0.3) is 0 Å². The molecule has 0 saturated carbocycles. The minimum Gasteiger partial charge on any atom is -0.352 e. The number of thioether (sulfide) groups is 1. The van der Waals surface area contributed by atoms with Gasteiger partial charge in [-0.25, -0.2) is 0 Å². The molecule has 6 heteroatoms. The second-order valence-corrected chi connectivity index (χ2v) is 9.36. The highest BCUT2D eigenvalue weighted by molar-refractivity contribution is 7.99. The lowest BCUT2D eigenvalue weighted by molar-refractivity contribution is -0.140. The van der Waals surface area contributed by atoms with Gasteiger partial charge in [0.2, 0.25) is 11.8 Å². The highest BCUT2D eigenvalue weighted by Crippen LogP contribution is 2.22. The van der Waals surface area contributed by atoms with E-state index >= 15 is 0 Å². The average Bonchev–Trinajstić information content (AvgIpc) is 2.69. The molecule has 0 aliphatic carbocycles. The molecular formula is C24H31ClN2O2S. The van der Waals surface area contributed by atoms with Gasteiger partial charge in [-0.3, -0.25) is 9.59 Å². The Kier molecular flexibility index (Phi) is 9.73. The van der Waals surface area contributed by atoms with Crippen LogP contribution in [0.3, 0.4) is 0 Å². The Hall–Kier alpha value is -1.98. The van der Waals surface area contributed by atoms with E-state index in [-0.39, 0.29) is 17.9 Å². The van der Waals surface area contributed by atoms with Crippen LogP contribution in [0.15, 0.2) is 53.4 Å². The zero-order valence-corrected chi connectivity index (χ0v) is 19.7. The Morgan fingerprint density at radius 2 is 1.80 bits per heavy atom. The Morgan fingerprint density at radius 1 is 1.10 bits per heavy atom. The highest BCUT2D eigenvalue weighted by Gasteiger charge is 2.26. The van der Waals surface area contributed by atoms with Gasteiger partial charge in [-0.15, -0.1) is 11.8 Å². The zero-order chi connectivity index (χ0) is 22.1. The molecule has 0 heterocycles.